The van der Waals surface area contributed by atoms with Gasteiger partial charge < -0.3 is 5.32 Å². The molecule has 25 heavy (non-hydrogen) atoms. The van der Waals surface area contributed by atoms with E-state index in [9.17, 15) is 9.59 Å². The normalized spacial score (nSPS) is 14.0. The first kappa shape index (κ1) is 17.1. The molecule has 0 aliphatic heterocycles. The van der Waals surface area contributed by atoms with Crippen LogP contribution in [-0.4, -0.2) is 22.2 Å². The number of rotatable bonds is 5. The van der Waals surface area contributed by atoms with Gasteiger partial charge in [-0.25, -0.2) is 4.68 Å². The summed E-state index contributed by atoms with van der Waals surface area (Å²) in [6.45, 7) is 2.34. The summed E-state index contributed by atoms with van der Waals surface area (Å²) in [7, 11) is 0. The van der Waals surface area contributed by atoms with E-state index in [-0.39, 0.29) is 11.1 Å². The first-order chi connectivity index (χ1) is 12.1. The predicted molar refractivity (Wildman–Crippen MR) is 98.1 cm³/mol. The van der Waals surface area contributed by atoms with Gasteiger partial charge in [-0.2, -0.15) is 5.10 Å². The van der Waals surface area contributed by atoms with Gasteiger partial charge in [0.15, 0.2) is 5.69 Å². The monoisotopic (exact) mass is 337 g/mol. The Morgan fingerprint density at radius 3 is 2.76 bits per heavy atom. The molecule has 5 nitrogen and oxygen atoms in total. The number of para-hydroxylation sites is 1. The Labute approximate surface area is 147 Å². The minimum Gasteiger partial charge on any atom is -0.350 e. The van der Waals surface area contributed by atoms with E-state index < -0.39 is 5.91 Å². The van der Waals surface area contributed by atoms with Crippen molar-refractivity contribution in [3.8, 4) is 5.69 Å². The topological polar surface area (TPSA) is 64.0 Å². The Balaban J connectivity index is 1.73. The van der Waals surface area contributed by atoms with Crippen LogP contribution in [0.2, 0.25) is 0 Å². The zero-order valence-electron chi connectivity index (χ0n) is 14.5. The van der Waals surface area contributed by atoms with Crippen LogP contribution in [0.25, 0.3) is 5.69 Å². The highest BCUT2D eigenvalue weighted by Crippen LogP contribution is 2.19. The molecule has 0 unspecified atom stereocenters. The Hall–Kier alpha value is -2.69. The molecule has 0 spiro atoms. The summed E-state index contributed by atoms with van der Waals surface area (Å²) < 4.78 is 1.62. The van der Waals surface area contributed by atoms with Gasteiger partial charge in [0.1, 0.15) is 0 Å². The fourth-order valence-corrected chi connectivity index (χ4v) is 3.09. The number of amides is 1. The fraction of sp³-hybridized carbons (Fsp3) is 0.350. The molecular formula is C20H23N3O2. The third kappa shape index (κ3) is 4.24. The molecule has 0 saturated heterocycles. The second kappa shape index (κ2) is 7.92. The lowest BCUT2D eigenvalue weighted by molar-refractivity contribution is 0.0946. The van der Waals surface area contributed by atoms with Gasteiger partial charge in [-0.05, 0) is 51.2 Å². The van der Waals surface area contributed by atoms with Crippen molar-refractivity contribution < 1.29 is 4.79 Å². The van der Waals surface area contributed by atoms with Crippen molar-refractivity contribution in [2.75, 3.05) is 6.54 Å². The van der Waals surface area contributed by atoms with E-state index in [0.717, 1.165) is 24.9 Å². The lowest BCUT2D eigenvalue weighted by atomic mass is 9.97. The summed E-state index contributed by atoms with van der Waals surface area (Å²) in [4.78, 5) is 24.6. The largest absolute Gasteiger partial charge is 0.350 e. The molecular weight excluding hydrogens is 314 g/mol. The van der Waals surface area contributed by atoms with Crippen LogP contribution in [0, 0.1) is 6.92 Å². The summed E-state index contributed by atoms with van der Waals surface area (Å²) in [5.41, 5.74) is 2.50. The molecule has 5 heteroatoms. The van der Waals surface area contributed by atoms with E-state index in [1.807, 2.05) is 30.3 Å². The van der Waals surface area contributed by atoms with Crippen molar-refractivity contribution in [2.45, 2.75) is 39.0 Å². The SMILES string of the molecule is Cc1cc(=O)c(C(=O)NCCC2=CCCCC2)nn1-c1ccccc1. The van der Waals surface area contributed by atoms with Gasteiger partial charge in [-0.15, -0.1) is 0 Å². The van der Waals surface area contributed by atoms with E-state index >= 15 is 0 Å². The summed E-state index contributed by atoms with van der Waals surface area (Å²) in [6, 6.07) is 10.9. The van der Waals surface area contributed by atoms with Gasteiger partial charge in [-0.3, -0.25) is 9.59 Å². The van der Waals surface area contributed by atoms with Gasteiger partial charge in [0.05, 0.1) is 5.69 Å². The number of nitrogens with zero attached hydrogens (tertiary/aromatic N) is 2. The predicted octanol–water partition coefficient (Wildman–Crippen LogP) is 3.16. The minimum atomic E-state index is -0.411. The number of aromatic nitrogens is 2. The molecule has 1 aromatic heterocycles. The molecule has 0 atom stereocenters. The summed E-state index contributed by atoms with van der Waals surface area (Å²) in [6.07, 6.45) is 7.82. The molecule has 0 saturated carbocycles. The number of aryl methyl sites for hydroxylation is 1. The van der Waals surface area contributed by atoms with Crippen LogP contribution in [0.15, 0.2) is 52.8 Å². The van der Waals surface area contributed by atoms with Crippen molar-refractivity contribution >= 4 is 5.91 Å². The van der Waals surface area contributed by atoms with Gasteiger partial charge in [-0.1, -0.05) is 29.8 Å². The maximum Gasteiger partial charge on any atom is 0.275 e. The number of carbonyl (C=O) groups excluding carboxylic acids is 1. The molecule has 0 fully saturated rings. The average Bonchev–Trinajstić information content (AvgIpc) is 2.63. The fourth-order valence-electron chi connectivity index (χ4n) is 3.09. The number of carbonyl (C=O) groups is 1. The van der Waals surface area contributed by atoms with Crippen molar-refractivity contribution in [3.05, 3.63) is 69.7 Å². The maximum atomic E-state index is 12.4. The average molecular weight is 337 g/mol. The highest BCUT2D eigenvalue weighted by molar-refractivity contribution is 5.92. The Bertz CT molecular complexity index is 838. The third-order valence-corrected chi connectivity index (χ3v) is 4.44. The van der Waals surface area contributed by atoms with Crippen LogP contribution >= 0.6 is 0 Å². The molecule has 2 aromatic rings. The highest BCUT2D eigenvalue weighted by Gasteiger charge is 2.15. The van der Waals surface area contributed by atoms with E-state index in [1.54, 1.807) is 11.6 Å². The van der Waals surface area contributed by atoms with Crippen molar-refractivity contribution in [1.29, 1.82) is 0 Å². The van der Waals surface area contributed by atoms with E-state index in [2.05, 4.69) is 16.5 Å². The van der Waals surface area contributed by atoms with Crippen LogP contribution in [0.3, 0.4) is 0 Å². The van der Waals surface area contributed by atoms with Crippen LogP contribution in [-0.2, 0) is 0 Å². The van der Waals surface area contributed by atoms with E-state index in [0.29, 0.717) is 12.2 Å². The summed E-state index contributed by atoms with van der Waals surface area (Å²) in [5.74, 6) is -0.411. The number of hydrogen-bond donors (Lipinski definition) is 1. The molecule has 130 valence electrons. The number of benzene rings is 1. The molecule has 1 aliphatic carbocycles. The first-order valence-corrected chi connectivity index (χ1v) is 8.77. The Kier molecular flexibility index (Phi) is 5.43. The first-order valence-electron chi connectivity index (χ1n) is 8.77. The quantitative estimate of drug-likeness (QED) is 0.853. The second-order valence-electron chi connectivity index (χ2n) is 6.36. The maximum absolute atomic E-state index is 12.4. The summed E-state index contributed by atoms with van der Waals surface area (Å²) in [5, 5.41) is 7.11. The van der Waals surface area contributed by atoms with Crippen LogP contribution in [0.4, 0.5) is 0 Å². The van der Waals surface area contributed by atoms with Gasteiger partial charge in [0.25, 0.3) is 5.91 Å². The standard InChI is InChI=1S/C20H23N3O2/c1-15-14-18(24)19(22-23(15)17-10-6-3-7-11-17)20(25)21-13-12-16-8-4-2-5-9-16/h3,6-8,10-11,14H,2,4-5,9,12-13H2,1H3,(H,21,25). The molecule has 1 amide bonds. The van der Waals surface area contributed by atoms with E-state index in [4.69, 9.17) is 0 Å². The zero-order valence-corrected chi connectivity index (χ0v) is 14.5. The van der Waals surface area contributed by atoms with Crippen LogP contribution in [0.5, 0.6) is 0 Å². The Morgan fingerprint density at radius 1 is 1.24 bits per heavy atom. The molecule has 0 bridgehead atoms. The lowest BCUT2D eigenvalue weighted by Gasteiger charge is -2.13. The molecule has 1 heterocycles. The zero-order chi connectivity index (χ0) is 17.6. The smallest absolute Gasteiger partial charge is 0.275 e. The number of allylic oxidation sites excluding steroid dienone is 1. The van der Waals surface area contributed by atoms with Gasteiger partial charge >= 0.3 is 0 Å². The lowest BCUT2D eigenvalue weighted by Crippen LogP contribution is -2.32. The Morgan fingerprint density at radius 2 is 2.04 bits per heavy atom. The third-order valence-electron chi connectivity index (χ3n) is 4.44. The van der Waals surface area contributed by atoms with Crippen molar-refractivity contribution in [3.63, 3.8) is 0 Å². The van der Waals surface area contributed by atoms with Crippen LogP contribution in [0.1, 0.15) is 48.3 Å². The molecule has 0 radical (unpaired) electrons. The van der Waals surface area contributed by atoms with Crippen LogP contribution < -0.4 is 10.7 Å². The molecule has 3 rings (SSSR count). The minimum absolute atomic E-state index is 0.0629. The number of hydrogen-bond acceptors (Lipinski definition) is 3. The molecule has 1 aliphatic rings. The van der Waals surface area contributed by atoms with Crippen molar-refractivity contribution in [1.82, 2.24) is 15.1 Å². The highest BCUT2D eigenvalue weighted by atomic mass is 16.2. The van der Waals surface area contributed by atoms with Gasteiger partial charge in [0, 0.05) is 18.3 Å². The molecule has 1 N–H and O–H groups in total. The van der Waals surface area contributed by atoms with Gasteiger partial charge in [0.2, 0.25) is 5.43 Å². The molecule has 1 aromatic carbocycles. The number of nitrogens with one attached hydrogen (secondary N) is 1. The summed E-state index contributed by atoms with van der Waals surface area (Å²) >= 11 is 0. The van der Waals surface area contributed by atoms with Crippen molar-refractivity contribution in [2.24, 2.45) is 0 Å². The second-order valence-corrected chi connectivity index (χ2v) is 6.36. The van der Waals surface area contributed by atoms with E-state index in [1.165, 1.54) is 24.5 Å².